The van der Waals surface area contributed by atoms with Crippen molar-refractivity contribution in [3.63, 3.8) is 0 Å². The van der Waals surface area contributed by atoms with Gasteiger partial charge in [-0.3, -0.25) is 19.1 Å². The third-order valence-corrected chi connectivity index (χ3v) is 5.91. The number of methoxy groups -OCH3 is 1. The van der Waals surface area contributed by atoms with Crippen LogP contribution in [0.25, 0.3) is 10.9 Å². The van der Waals surface area contributed by atoms with Gasteiger partial charge in [-0.2, -0.15) is 0 Å². The third kappa shape index (κ3) is 4.74. The average molecular weight is 446 g/mol. The first-order chi connectivity index (χ1) is 15.7. The average Bonchev–Trinajstić information content (AvgIpc) is 2.84. The van der Waals surface area contributed by atoms with E-state index in [0.717, 1.165) is 11.4 Å². The molecule has 32 heavy (non-hydrogen) atoms. The first kappa shape index (κ1) is 21.8. The lowest BCUT2D eigenvalue weighted by atomic mass is 10.2. The Kier molecular flexibility index (Phi) is 6.99. The van der Waals surface area contributed by atoms with Crippen molar-refractivity contribution >= 4 is 39.9 Å². The van der Waals surface area contributed by atoms with E-state index in [1.165, 1.54) is 11.8 Å². The van der Waals surface area contributed by atoms with Crippen LogP contribution in [0.5, 0.6) is 0 Å². The topological polar surface area (TPSA) is 64.4 Å². The van der Waals surface area contributed by atoms with Gasteiger partial charge in [-0.1, -0.05) is 60.3 Å². The van der Waals surface area contributed by atoms with Crippen LogP contribution in [0.15, 0.2) is 94.9 Å². The monoisotopic (exact) mass is 445 g/mol. The highest BCUT2D eigenvalue weighted by molar-refractivity contribution is 7.99. The van der Waals surface area contributed by atoms with Crippen molar-refractivity contribution in [3.8, 4) is 0 Å². The van der Waals surface area contributed by atoms with Crippen molar-refractivity contribution in [2.24, 2.45) is 0 Å². The van der Waals surface area contributed by atoms with E-state index in [2.05, 4.69) is 4.98 Å². The second-order valence-corrected chi connectivity index (χ2v) is 7.99. The number of fused-ring (bicyclic) bond motifs is 1. The maximum absolute atomic E-state index is 13.4. The van der Waals surface area contributed by atoms with Gasteiger partial charge >= 0.3 is 0 Å². The summed E-state index contributed by atoms with van der Waals surface area (Å²) in [6.07, 6.45) is 0. The quantitative estimate of drug-likeness (QED) is 0.295. The fourth-order valence-corrected chi connectivity index (χ4v) is 4.29. The Balaban J connectivity index is 1.65. The predicted octanol–water partition coefficient (Wildman–Crippen LogP) is 4.50. The number of aromatic nitrogens is 2. The maximum atomic E-state index is 13.4. The van der Waals surface area contributed by atoms with Gasteiger partial charge < -0.3 is 4.74 Å². The summed E-state index contributed by atoms with van der Waals surface area (Å²) in [5.74, 6) is 0.0229. The van der Waals surface area contributed by atoms with Crippen molar-refractivity contribution in [2.75, 3.05) is 24.4 Å². The fourth-order valence-electron chi connectivity index (χ4n) is 3.42. The molecule has 3 aromatic carbocycles. The minimum atomic E-state index is -0.134. The molecule has 7 heteroatoms. The molecule has 1 heterocycles. The molecular weight excluding hydrogens is 422 g/mol. The lowest BCUT2D eigenvalue weighted by molar-refractivity contribution is -0.115. The molecule has 0 unspecified atom stereocenters. The van der Waals surface area contributed by atoms with E-state index in [0.29, 0.717) is 29.2 Å². The Labute approximate surface area is 190 Å². The summed E-state index contributed by atoms with van der Waals surface area (Å²) in [5, 5.41) is 1.05. The molecular formula is C25H23N3O3S. The molecule has 0 spiro atoms. The summed E-state index contributed by atoms with van der Waals surface area (Å²) in [6, 6.07) is 26.3. The highest BCUT2D eigenvalue weighted by Crippen LogP contribution is 2.27. The number of nitrogens with zero attached hydrogens (tertiary/aromatic N) is 3. The molecule has 4 aromatic rings. The van der Waals surface area contributed by atoms with Crippen LogP contribution in [0.3, 0.4) is 0 Å². The zero-order valence-corrected chi connectivity index (χ0v) is 18.5. The Morgan fingerprint density at radius 3 is 2.16 bits per heavy atom. The Bertz CT molecular complexity index is 1220. The highest BCUT2D eigenvalue weighted by atomic mass is 32.2. The van der Waals surface area contributed by atoms with E-state index < -0.39 is 0 Å². The highest BCUT2D eigenvalue weighted by Gasteiger charge is 2.20. The summed E-state index contributed by atoms with van der Waals surface area (Å²) in [7, 11) is 1.59. The number of amides is 1. The van der Waals surface area contributed by atoms with Crippen LogP contribution in [0.4, 0.5) is 11.4 Å². The van der Waals surface area contributed by atoms with Crippen LogP contribution in [-0.4, -0.2) is 34.9 Å². The Morgan fingerprint density at radius 2 is 1.53 bits per heavy atom. The van der Waals surface area contributed by atoms with Gasteiger partial charge in [0.15, 0.2) is 5.16 Å². The van der Waals surface area contributed by atoms with Gasteiger partial charge in [-0.05, 0) is 36.4 Å². The second-order valence-electron chi connectivity index (χ2n) is 7.05. The molecule has 1 aromatic heterocycles. The molecule has 0 saturated carbocycles. The lowest BCUT2D eigenvalue weighted by Crippen LogP contribution is -2.29. The van der Waals surface area contributed by atoms with Gasteiger partial charge in [-0.25, -0.2) is 4.98 Å². The molecule has 0 aliphatic carbocycles. The molecule has 0 N–H and O–H groups in total. The van der Waals surface area contributed by atoms with Crippen molar-refractivity contribution in [1.82, 2.24) is 9.55 Å². The van der Waals surface area contributed by atoms with Gasteiger partial charge in [-0.15, -0.1) is 0 Å². The molecule has 0 radical (unpaired) electrons. The van der Waals surface area contributed by atoms with Gasteiger partial charge in [0.1, 0.15) is 0 Å². The lowest BCUT2D eigenvalue weighted by Gasteiger charge is -2.23. The molecule has 0 atom stereocenters. The number of hydrogen-bond acceptors (Lipinski definition) is 5. The Hall–Kier alpha value is -3.42. The fraction of sp³-hybridized carbons (Fsp3) is 0.160. The minimum absolute atomic E-state index is 0.104. The second kappa shape index (κ2) is 10.3. The molecule has 6 nitrogen and oxygen atoms in total. The van der Waals surface area contributed by atoms with Crippen LogP contribution >= 0.6 is 11.8 Å². The van der Waals surface area contributed by atoms with Crippen LogP contribution in [-0.2, 0) is 16.1 Å². The largest absolute Gasteiger partial charge is 0.383 e. The molecule has 0 aliphatic rings. The van der Waals surface area contributed by atoms with Crippen LogP contribution < -0.4 is 10.5 Å². The van der Waals surface area contributed by atoms with Crippen molar-refractivity contribution < 1.29 is 9.53 Å². The molecule has 162 valence electrons. The van der Waals surface area contributed by atoms with Gasteiger partial charge in [0.25, 0.3) is 5.56 Å². The number of thioether (sulfide) groups is 1. The van der Waals surface area contributed by atoms with Crippen molar-refractivity contribution in [1.29, 1.82) is 0 Å². The SMILES string of the molecule is COCCn1c(SCC(=O)N(c2ccccc2)c2ccccc2)nc2ccccc2c1=O. The summed E-state index contributed by atoms with van der Waals surface area (Å²) < 4.78 is 6.76. The standard InChI is InChI=1S/C25H23N3O3S/c1-31-17-16-27-24(30)21-14-8-9-15-22(21)26-25(27)32-18-23(29)28(19-10-4-2-5-11-19)20-12-6-3-7-13-20/h2-15H,16-18H2,1H3. The zero-order valence-electron chi connectivity index (χ0n) is 17.7. The number of rotatable bonds is 8. The molecule has 0 bridgehead atoms. The van der Waals surface area contributed by atoms with Crippen LogP contribution in [0.1, 0.15) is 0 Å². The summed E-state index contributed by atoms with van der Waals surface area (Å²) in [5.41, 5.74) is 2.05. The number of benzene rings is 3. The number of carbonyl (C=O) groups excluding carboxylic acids is 1. The van der Waals surface area contributed by atoms with Gasteiger partial charge in [0.2, 0.25) is 5.91 Å². The number of anilines is 2. The maximum Gasteiger partial charge on any atom is 0.262 e. The summed E-state index contributed by atoms with van der Waals surface area (Å²) in [6.45, 7) is 0.742. The van der Waals surface area contributed by atoms with E-state index in [1.807, 2.05) is 78.9 Å². The van der Waals surface area contributed by atoms with E-state index in [9.17, 15) is 9.59 Å². The number of ether oxygens (including phenoxy) is 1. The van der Waals surface area contributed by atoms with Gasteiger partial charge in [0, 0.05) is 18.5 Å². The number of carbonyl (C=O) groups is 1. The predicted molar refractivity (Wildman–Crippen MR) is 129 cm³/mol. The number of hydrogen-bond donors (Lipinski definition) is 0. The Morgan fingerprint density at radius 1 is 0.938 bits per heavy atom. The summed E-state index contributed by atoms with van der Waals surface area (Å²) in [4.78, 5) is 32.7. The third-order valence-electron chi connectivity index (χ3n) is 4.95. The molecule has 0 aliphatic heterocycles. The van der Waals surface area contributed by atoms with E-state index in [-0.39, 0.29) is 17.2 Å². The minimum Gasteiger partial charge on any atom is -0.383 e. The molecule has 1 amide bonds. The van der Waals surface area contributed by atoms with Crippen molar-refractivity contribution in [2.45, 2.75) is 11.7 Å². The van der Waals surface area contributed by atoms with E-state index >= 15 is 0 Å². The normalized spacial score (nSPS) is 10.9. The molecule has 0 saturated heterocycles. The first-order valence-corrected chi connectivity index (χ1v) is 11.2. The van der Waals surface area contributed by atoms with E-state index in [1.54, 1.807) is 22.6 Å². The smallest absolute Gasteiger partial charge is 0.262 e. The number of para-hydroxylation sites is 3. The summed E-state index contributed by atoms with van der Waals surface area (Å²) >= 11 is 1.26. The van der Waals surface area contributed by atoms with Gasteiger partial charge in [0.05, 0.1) is 29.8 Å². The van der Waals surface area contributed by atoms with Crippen LogP contribution in [0, 0.1) is 0 Å². The molecule has 4 rings (SSSR count). The zero-order chi connectivity index (χ0) is 22.3. The van der Waals surface area contributed by atoms with E-state index in [4.69, 9.17) is 4.74 Å². The first-order valence-electron chi connectivity index (χ1n) is 10.2. The molecule has 0 fully saturated rings. The van der Waals surface area contributed by atoms with Crippen LogP contribution in [0.2, 0.25) is 0 Å². The van der Waals surface area contributed by atoms with Crippen molar-refractivity contribution in [3.05, 3.63) is 95.3 Å².